The quantitative estimate of drug-likeness (QED) is 0.425. The highest BCUT2D eigenvalue weighted by molar-refractivity contribution is 6.30. The molecule has 34 heavy (non-hydrogen) atoms. The number of benzene rings is 2. The number of aryl methyl sites for hydroxylation is 2. The molecular weight excluding hydrogens is 450 g/mol. The fraction of sp³-hybridized carbons (Fsp3) is 0.407. The minimum atomic E-state index is -0.886. The van der Waals surface area contributed by atoms with Crippen LogP contribution in [0.4, 0.5) is 4.79 Å². The standard InChI is InChI=1S/C27H28ClN3O3/c1-26(2,3)27(9-4-10-31(27)25(32)33)24-29-21-8-5-15-12-20-18-7-6-17(28)11-16(18)14-34-22(20)13-19(15)23(21)30-24/h6-7,11-13H,4-5,8-10,14H2,1-3H3,(H,29,30)(H,32,33). The lowest BCUT2D eigenvalue weighted by Gasteiger charge is -2.45. The molecule has 6 nitrogen and oxygen atoms in total. The van der Waals surface area contributed by atoms with Gasteiger partial charge in [0.05, 0.1) is 5.69 Å². The molecule has 2 aromatic carbocycles. The van der Waals surface area contributed by atoms with E-state index in [4.69, 9.17) is 21.3 Å². The number of aromatic nitrogens is 2. The summed E-state index contributed by atoms with van der Waals surface area (Å²) in [6, 6.07) is 10.3. The van der Waals surface area contributed by atoms with E-state index in [1.54, 1.807) is 4.90 Å². The van der Waals surface area contributed by atoms with Crippen molar-refractivity contribution in [3.8, 4) is 28.1 Å². The van der Waals surface area contributed by atoms with Gasteiger partial charge in [0.1, 0.15) is 23.7 Å². The molecule has 6 rings (SSSR count). The third-order valence-electron chi connectivity index (χ3n) is 7.87. The van der Waals surface area contributed by atoms with Crippen LogP contribution >= 0.6 is 11.6 Å². The Morgan fingerprint density at radius 2 is 1.97 bits per heavy atom. The molecule has 1 aromatic heterocycles. The van der Waals surface area contributed by atoms with Gasteiger partial charge in [-0.25, -0.2) is 9.78 Å². The number of halogens is 1. The Bertz CT molecular complexity index is 1340. The first-order valence-corrected chi connectivity index (χ1v) is 12.3. The Labute approximate surface area is 203 Å². The van der Waals surface area contributed by atoms with E-state index in [2.05, 4.69) is 44.0 Å². The van der Waals surface area contributed by atoms with E-state index in [1.165, 1.54) is 5.56 Å². The van der Waals surface area contributed by atoms with Crippen molar-refractivity contribution in [2.45, 2.75) is 58.6 Å². The lowest BCUT2D eigenvalue weighted by atomic mass is 9.71. The summed E-state index contributed by atoms with van der Waals surface area (Å²) in [6.07, 6.45) is 2.44. The minimum absolute atomic E-state index is 0.310. The molecule has 0 radical (unpaired) electrons. The second-order valence-corrected chi connectivity index (χ2v) is 11.1. The highest BCUT2D eigenvalue weighted by Gasteiger charge is 2.55. The van der Waals surface area contributed by atoms with E-state index in [0.717, 1.165) is 70.9 Å². The van der Waals surface area contributed by atoms with Crippen LogP contribution in [0.3, 0.4) is 0 Å². The summed E-state index contributed by atoms with van der Waals surface area (Å²) >= 11 is 6.20. The molecule has 1 atom stereocenters. The van der Waals surface area contributed by atoms with Gasteiger partial charge in [-0.05, 0) is 72.1 Å². The van der Waals surface area contributed by atoms with Gasteiger partial charge in [-0.1, -0.05) is 38.4 Å². The topological polar surface area (TPSA) is 78.5 Å². The monoisotopic (exact) mass is 477 g/mol. The number of carbonyl (C=O) groups is 1. The number of nitrogens with zero attached hydrogens (tertiary/aromatic N) is 2. The van der Waals surface area contributed by atoms with Crippen LogP contribution in [-0.4, -0.2) is 32.6 Å². The first-order chi connectivity index (χ1) is 16.2. The lowest BCUT2D eigenvalue weighted by molar-refractivity contribution is 0.0216. The Hall–Kier alpha value is -2.99. The molecule has 1 unspecified atom stereocenters. The van der Waals surface area contributed by atoms with Crippen LogP contribution in [0.15, 0.2) is 30.3 Å². The maximum absolute atomic E-state index is 12.2. The van der Waals surface area contributed by atoms with Crippen molar-refractivity contribution in [3.63, 3.8) is 0 Å². The predicted molar refractivity (Wildman–Crippen MR) is 131 cm³/mol. The number of hydrogen-bond donors (Lipinski definition) is 2. The highest BCUT2D eigenvalue weighted by atomic mass is 35.5. The number of rotatable bonds is 1. The maximum atomic E-state index is 12.2. The summed E-state index contributed by atoms with van der Waals surface area (Å²) in [5.74, 6) is 1.61. The third-order valence-corrected chi connectivity index (χ3v) is 8.10. The third kappa shape index (κ3) is 2.94. The molecule has 2 N–H and O–H groups in total. The van der Waals surface area contributed by atoms with Crippen LogP contribution in [0.2, 0.25) is 5.02 Å². The normalized spacial score (nSPS) is 20.8. The van der Waals surface area contributed by atoms with Crippen molar-refractivity contribution >= 4 is 17.7 Å². The molecule has 0 bridgehead atoms. The summed E-state index contributed by atoms with van der Waals surface area (Å²) in [4.78, 5) is 22.5. The smallest absolute Gasteiger partial charge is 0.408 e. The Kier molecular flexibility index (Phi) is 4.59. The molecule has 1 saturated heterocycles. The summed E-state index contributed by atoms with van der Waals surface area (Å²) < 4.78 is 6.13. The molecule has 1 amide bonds. The van der Waals surface area contributed by atoms with Gasteiger partial charge >= 0.3 is 6.09 Å². The van der Waals surface area contributed by atoms with Gasteiger partial charge in [0.25, 0.3) is 0 Å². The Morgan fingerprint density at radius 1 is 1.15 bits per heavy atom. The number of amides is 1. The molecule has 1 aliphatic carbocycles. The predicted octanol–water partition coefficient (Wildman–Crippen LogP) is 6.40. The zero-order chi connectivity index (χ0) is 23.8. The van der Waals surface area contributed by atoms with E-state index in [1.807, 2.05) is 12.1 Å². The minimum Gasteiger partial charge on any atom is -0.488 e. The number of carboxylic acid groups (broad SMARTS) is 1. The van der Waals surface area contributed by atoms with E-state index < -0.39 is 11.6 Å². The van der Waals surface area contributed by atoms with Crippen molar-refractivity contribution in [2.75, 3.05) is 6.54 Å². The van der Waals surface area contributed by atoms with Gasteiger partial charge in [0.2, 0.25) is 0 Å². The Morgan fingerprint density at radius 3 is 2.74 bits per heavy atom. The van der Waals surface area contributed by atoms with Gasteiger partial charge in [0, 0.05) is 28.4 Å². The average Bonchev–Trinajstić information content (AvgIpc) is 3.42. The fourth-order valence-electron chi connectivity index (χ4n) is 6.21. The molecule has 3 aliphatic rings. The van der Waals surface area contributed by atoms with Gasteiger partial charge in [-0.3, -0.25) is 4.90 Å². The molecule has 3 aromatic rings. The lowest BCUT2D eigenvalue weighted by Crippen LogP contribution is -2.53. The number of H-pyrrole nitrogens is 1. The van der Waals surface area contributed by atoms with Gasteiger partial charge in [-0.2, -0.15) is 0 Å². The molecule has 7 heteroatoms. The largest absolute Gasteiger partial charge is 0.488 e. The number of likely N-dealkylation sites (tertiary alicyclic amines) is 1. The zero-order valence-electron chi connectivity index (χ0n) is 19.7. The first kappa shape index (κ1) is 21.5. The van der Waals surface area contributed by atoms with Crippen LogP contribution < -0.4 is 4.74 Å². The van der Waals surface area contributed by atoms with Crippen LogP contribution in [0.25, 0.3) is 22.4 Å². The maximum Gasteiger partial charge on any atom is 0.408 e. The zero-order valence-corrected chi connectivity index (χ0v) is 20.4. The van der Waals surface area contributed by atoms with Gasteiger partial charge in [0.15, 0.2) is 0 Å². The highest BCUT2D eigenvalue weighted by Crippen LogP contribution is 2.52. The number of ether oxygens (including phenoxy) is 1. The average molecular weight is 478 g/mol. The van der Waals surface area contributed by atoms with Crippen molar-refractivity contribution in [3.05, 3.63) is 58.0 Å². The van der Waals surface area contributed by atoms with E-state index in [-0.39, 0.29) is 5.41 Å². The van der Waals surface area contributed by atoms with Crippen molar-refractivity contribution < 1.29 is 14.6 Å². The van der Waals surface area contributed by atoms with E-state index in [0.29, 0.717) is 18.2 Å². The Balaban J connectivity index is 1.48. The number of aromatic amines is 1. The van der Waals surface area contributed by atoms with Crippen LogP contribution in [0.1, 0.15) is 56.3 Å². The van der Waals surface area contributed by atoms with Crippen LogP contribution in [0.5, 0.6) is 5.75 Å². The van der Waals surface area contributed by atoms with Crippen LogP contribution in [-0.2, 0) is 25.0 Å². The SMILES string of the molecule is CC(C)(C)C1(c2nc3c([nH]2)CCc2cc4c(cc2-3)OCc2cc(Cl)ccc2-4)CCCN1C(=O)O. The van der Waals surface area contributed by atoms with Crippen molar-refractivity contribution in [2.24, 2.45) is 5.41 Å². The molecule has 176 valence electrons. The molecule has 1 fully saturated rings. The first-order valence-electron chi connectivity index (χ1n) is 11.9. The fourth-order valence-corrected chi connectivity index (χ4v) is 6.40. The summed E-state index contributed by atoms with van der Waals surface area (Å²) in [6.45, 7) is 7.34. The second-order valence-electron chi connectivity index (χ2n) is 10.7. The van der Waals surface area contributed by atoms with E-state index >= 15 is 0 Å². The number of nitrogens with one attached hydrogen (secondary N) is 1. The van der Waals surface area contributed by atoms with Crippen LogP contribution in [0, 0.1) is 5.41 Å². The summed E-state index contributed by atoms with van der Waals surface area (Å²) in [7, 11) is 0. The molecule has 0 saturated carbocycles. The van der Waals surface area contributed by atoms with Gasteiger partial charge in [-0.15, -0.1) is 0 Å². The number of fused-ring (bicyclic) bond motifs is 6. The van der Waals surface area contributed by atoms with Gasteiger partial charge < -0.3 is 14.8 Å². The number of hydrogen-bond acceptors (Lipinski definition) is 3. The second kappa shape index (κ2) is 7.25. The summed E-state index contributed by atoms with van der Waals surface area (Å²) in [5.41, 5.74) is 6.67. The summed E-state index contributed by atoms with van der Waals surface area (Å²) in [5, 5.41) is 10.7. The van der Waals surface area contributed by atoms with E-state index in [9.17, 15) is 9.90 Å². The molecular formula is C27H28ClN3O3. The molecule has 3 heterocycles. The van der Waals surface area contributed by atoms with Crippen molar-refractivity contribution in [1.82, 2.24) is 14.9 Å². The molecule has 0 spiro atoms. The van der Waals surface area contributed by atoms with Crippen molar-refractivity contribution in [1.29, 1.82) is 0 Å². The molecule has 2 aliphatic heterocycles. The number of imidazole rings is 1.